The van der Waals surface area contributed by atoms with Gasteiger partial charge in [0.1, 0.15) is 5.76 Å². The van der Waals surface area contributed by atoms with Crippen LogP contribution in [0.1, 0.15) is 34.5 Å². The van der Waals surface area contributed by atoms with Gasteiger partial charge in [-0.3, -0.25) is 9.59 Å². The van der Waals surface area contributed by atoms with Gasteiger partial charge in [0, 0.05) is 25.2 Å². The van der Waals surface area contributed by atoms with Gasteiger partial charge in [-0.25, -0.2) is 4.68 Å². The number of carbonyl (C=O) groups is 1. The molecule has 2 atom stereocenters. The molecule has 0 N–H and O–H groups in total. The van der Waals surface area contributed by atoms with Crippen LogP contribution in [-0.4, -0.2) is 45.0 Å². The highest BCUT2D eigenvalue weighted by Gasteiger charge is 2.38. The Balaban J connectivity index is 1.60. The van der Waals surface area contributed by atoms with Crippen molar-refractivity contribution in [3.8, 4) is 0 Å². The van der Waals surface area contributed by atoms with Gasteiger partial charge in [-0.05, 0) is 13.3 Å². The Morgan fingerprint density at radius 2 is 2.26 bits per heavy atom. The second-order valence-electron chi connectivity index (χ2n) is 5.89. The first-order valence-corrected chi connectivity index (χ1v) is 7.53. The minimum Gasteiger partial charge on any atom is -0.456 e. The van der Waals surface area contributed by atoms with Gasteiger partial charge in [-0.15, -0.1) is 5.10 Å². The molecule has 0 bridgehead atoms. The molecule has 0 unspecified atom stereocenters. The van der Waals surface area contributed by atoms with Gasteiger partial charge in [0.2, 0.25) is 0 Å². The van der Waals surface area contributed by atoms with Crippen molar-refractivity contribution in [3.63, 3.8) is 0 Å². The molecule has 0 saturated carbocycles. The number of likely N-dealkylation sites (tertiary alicyclic amines) is 1. The summed E-state index contributed by atoms with van der Waals surface area (Å²) in [4.78, 5) is 25.9. The number of rotatable bonds is 1. The van der Waals surface area contributed by atoms with E-state index in [1.54, 1.807) is 18.0 Å². The van der Waals surface area contributed by atoms with E-state index in [4.69, 9.17) is 9.15 Å². The van der Waals surface area contributed by atoms with Crippen LogP contribution in [-0.2, 0) is 11.3 Å². The van der Waals surface area contributed by atoms with Crippen LogP contribution in [0.5, 0.6) is 0 Å². The summed E-state index contributed by atoms with van der Waals surface area (Å²) >= 11 is 0. The number of hydrogen-bond acceptors (Lipinski definition) is 6. The summed E-state index contributed by atoms with van der Waals surface area (Å²) in [6.07, 6.45) is 2.42. The lowest BCUT2D eigenvalue weighted by Gasteiger charge is -2.40. The lowest BCUT2D eigenvalue weighted by molar-refractivity contribution is -0.0608. The standard InChI is InChI=1S/C15H16N4O4/c1-9-4-11(20)5-14(23-9)15(21)18-3-2-13-12(7-18)19-10(8-22-13)6-16-17-19/h4-6,12-13H,2-3,7-8H2,1H3/t12-,13+/m1/s1. The van der Waals surface area contributed by atoms with E-state index in [1.165, 1.54) is 12.1 Å². The van der Waals surface area contributed by atoms with Crippen LogP contribution >= 0.6 is 0 Å². The molecule has 8 nitrogen and oxygen atoms in total. The summed E-state index contributed by atoms with van der Waals surface area (Å²) in [5.41, 5.74) is 0.675. The molecular formula is C15H16N4O4. The Bertz CT molecular complexity index is 812. The van der Waals surface area contributed by atoms with Crippen LogP contribution in [0.2, 0.25) is 0 Å². The van der Waals surface area contributed by atoms with Crippen LogP contribution in [0.4, 0.5) is 0 Å². The summed E-state index contributed by atoms with van der Waals surface area (Å²) < 4.78 is 13.1. The van der Waals surface area contributed by atoms with Crippen molar-refractivity contribution >= 4 is 5.91 Å². The van der Waals surface area contributed by atoms with E-state index in [0.717, 1.165) is 5.69 Å². The maximum atomic E-state index is 12.6. The lowest BCUT2D eigenvalue weighted by Crippen LogP contribution is -2.50. The molecule has 23 heavy (non-hydrogen) atoms. The van der Waals surface area contributed by atoms with Crippen molar-refractivity contribution in [2.24, 2.45) is 0 Å². The second kappa shape index (κ2) is 5.31. The van der Waals surface area contributed by atoms with Gasteiger partial charge in [0.25, 0.3) is 5.91 Å². The molecule has 1 saturated heterocycles. The summed E-state index contributed by atoms with van der Waals surface area (Å²) in [7, 11) is 0. The van der Waals surface area contributed by atoms with Gasteiger partial charge in [0.15, 0.2) is 11.2 Å². The van der Waals surface area contributed by atoms with Crippen LogP contribution < -0.4 is 5.43 Å². The third-order valence-corrected chi connectivity index (χ3v) is 4.32. The van der Waals surface area contributed by atoms with E-state index in [2.05, 4.69) is 10.3 Å². The molecule has 1 amide bonds. The molecule has 4 heterocycles. The second-order valence-corrected chi connectivity index (χ2v) is 5.89. The SMILES string of the molecule is Cc1cc(=O)cc(C(=O)N2CC[C@@H]3OCc4cnnn4[C@@H]3C2)o1. The summed E-state index contributed by atoms with van der Waals surface area (Å²) in [6, 6.07) is 2.54. The zero-order valence-corrected chi connectivity index (χ0v) is 12.6. The molecule has 2 aromatic heterocycles. The summed E-state index contributed by atoms with van der Waals surface area (Å²) in [5, 5.41) is 8.03. The monoisotopic (exact) mass is 316 g/mol. The van der Waals surface area contributed by atoms with Gasteiger partial charge < -0.3 is 14.1 Å². The minimum absolute atomic E-state index is 0.0257. The average molecular weight is 316 g/mol. The average Bonchev–Trinajstić information content (AvgIpc) is 3.01. The highest BCUT2D eigenvalue weighted by molar-refractivity contribution is 5.91. The number of fused-ring (bicyclic) bond motifs is 3. The first kappa shape index (κ1) is 14.1. The van der Waals surface area contributed by atoms with Crippen LogP contribution in [0.3, 0.4) is 0 Å². The first-order valence-electron chi connectivity index (χ1n) is 7.53. The number of hydrogen-bond donors (Lipinski definition) is 0. The molecule has 0 spiro atoms. The normalized spacial score (nSPS) is 23.3. The van der Waals surface area contributed by atoms with E-state index < -0.39 is 0 Å². The fourth-order valence-corrected chi connectivity index (χ4v) is 3.23. The van der Waals surface area contributed by atoms with E-state index >= 15 is 0 Å². The Morgan fingerprint density at radius 1 is 1.39 bits per heavy atom. The quantitative estimate of drug-likeness (QED) is 0.762. The molecular weight excluding hydrogens is 300 g/mol. The Hall–Kier alpha value is -2.48. The van der Waals surface area contributed by atoms with Crippen molar-refractivity contribution in [2.75, 3.05) is 13.1 Å². The number of ether oxygens (including phenoxy) is 1. The van der Waals surface area contributed by atoms with Gasteiger partial charge in [-0.2, -0.15) is 0 Å². The zero-order chi connectivity index (χ0) is 16.0. The van der Waals surface area contributed by atoms with Crippen LogP contribution in [0, 0.1) is 6.92 Å². The van der Waals surface area contributed by atoms with Crippen molar-refractivity contribution < 1.29 is 13.9 Å². The van der Waals surface area contributed by atoms with Crippen molar-refractivity contribution in [1.82, 2.24) is 19.9 Å². The largest absolute Gasteiger partial charge is 0.456 e. The molecule has 8 heteroatoms. The van der Waals surface area contributed by atoms with E-state index in [1.807, 2.05) is 4.68 Å². The van der Waals surface area contributed by atoms with E-state index in [9.17, 15) is 9.59 Å². The molecule has 0 aliphatic carbocycles. The van der Waals surface area contributed by atoms with Crippen LogP contribution in [0.15, 0.2) is 27.5 Å². The Kier molecular flexibility index (Phi) is 3.26. The van der Waals surface area contributed by atoms with Crippen molar-refractivity contribution in [3.05, 3.63) is 45.8 Å². The molecule has 2 aliphatic rings. The zero-order valence-electron chi connectivity index (χ0n) is 12.6. The number of aromatic nitrogens is 3. The van der Waals surface area contributed by atoms with Crippen molar-refractivity contribution in [2.45, 2.75) is 32.1 Å². The molecule has 0 aromatic carbocycles. The van der Waals surface area contributed by atoms with E-state index in [0.29, 0.717) is 31.9 Å². The third kappa shape index (κ3) is 2.44. The molecule has 120 valence electrons. The highest BCUT2D eigenvalue weighted by Crippen LogP contribution is 2.30. The maximum Gasteiger partial charge on any atom is 0.289 e. The Labute approximate surface area is 131 Å². The minimum atomic E-state index is -0.281. The number of piperidine rings is 1. The third-order valence-electron chi connectivity index (χ3n) is 4.32. The molecule has 2 aliphatic heterocycles. The van der Waals surface area contributed by atoms with Crippen molar-refractivity contribution in [1.29, 1.82) is 0 Å². The van der Waals surface area contributed by atoms with E-state index in [-0.39, 0.29) is 29.2 Å². The predicted molar refractivity (Wildman–Crippen MR) is 77.9 cm³/mol. The number of aryl methyl sites for hydroxylation is 1. The van der Waals surface area contributed by atoms with Gasteiger partial charge in [0.05, 0.1) is 30.6 Å². The number of carbonyl (C=O) groups excluding carboxylic acids is 1. The molecule has 0 radical (unpaired) electrons. The fraction of sp³-hybridized carbons (Fsp3) is 0.467. The van der Waals surface area contributed by atoms with Crippen LogP contribution in [0.25, 0.3) is 0 Å². The number of amides is 1. The number of nitrogens with zero attached hydrogens (tertiary/aromatic N) is 4. The Morgan fingerprint density at radius 3 is 3.09 bits per heavy atom. The summed E-state index contributed by atoms with van der Waals surface area (Å²) in [6.45, 7) is 3.16. The smallest absolute Gasteiger partial charge is 0.289 e. The molecule has 4 rings (SSSR count). The predicted octanol–water partition coefficient (Wildman–Crippen LogP) is 0.526. The molecule has 1 fully saturated rings. The fourth-order valence-electron chi connectivity index (χ4n) is 3.23. The maximum absolute atomic E-state index is 12.6. The van der Waals surface area contributed by atoms with Gasteiger partial charge >= 0.3 is 0 Å². The molecule has 2 aromatic rings. The topological polar surface area (TPSA) is 90.5 Å². The van der Waals surface area contributed by atoms with Gasteiger partial charge in [-0.1, -0.05) is 5.21 Å². The highest BCUT2D eigenvalue weighted by atomic mass is 16.5. The lowest BCUT2D eigenvalue weighted by atomic mass is 10.00. The summed E-state index contributed by atoms with van der Waals surface area (Å²) in [5.74, 6) is 0.218. The first-order chi connectivity index (χ1) is 11.1.